The lowest BCUT2D eigenvalue weighted by Crippen LogP contribution is -2.38. The zero-order chi connectivity index (χ0) is 13.9. The number of carbonyl (C=O) groups excluding carboxylic acids is 1. The topological polar surface area (TPSA) is 99.7 Å². The van der Waals surface area contributed by atoms with Crippen LogP contribution >= 0.6 is 0 Å². The van der Waals surface area contributed by atoms with E-state index in [0.717, 1.165) is 0 Å². The molecule has 0 aromatic carbocycles. The average Bonchev–Trinajstić information content (AvgIpc) is 3.03. The van der Waals surface area contributed by atoms with Gasteiger partial charge in [-0.2, -0.15) is 0 Å². The van der Waals surface area contributed by atoms with Crippen molar-refractivity contribution in [2.45, 2.75) is 25.4 Å². The van der Waals surface area contributed by atoms with Crippen LogP contribution in [0.3, 0.4) is 0 Å². The number of allylic oxidation sites excluding steroid dienone is 2. The van der Waals surface area contributed by atoms with Crippen LogP contribution < -0.4 is 0 Å². The average molecular weight is 267 g/mol. The summed E-state index contributed by atoms with van der Waals surface area (Å²) in [6, 6.07) is 0. The van der Waals surface area contributed by atoms with Crippen molar-refractivity contribution in [1.82, 2.24) is 15.1 Å². The second-order valence-electron chi connectivity index (χ2n) is 4.63. The van der Waals surface area contributed by atoms with Gasteiger partial charge < -0.3 is 19.5 Å². The van der Waals surface area contributed by atoms with Gasteiger partial charge in [0.25, 0.3) is 0 Å². The number of likely N-dealkylation sites (tertiary alicyclic amines) is 1. The van der Waals surface area contributed by atoms with Crippen LogP contribution in [0, 0.1) is 0 Å². The lowest BCUT2D eigenvalue weighted by molar-refractivity contribution is -0.00486. The van der Waals surface area contributed by atoms with Gasteiger partial charge in [0.15, 0.2) is 0 Å². The Morgan fingerprint density at radius 2 is 2.37 bits per heavy atom. The Kier molecular flexibility index (Phi) is 3.96. The maximum absolute atomic E-state index is 12.1. The van der Waals surface area contributed by atoms with Crippen molar-refractivity contribution < 1.29 is 19.4 Å². The Labute approximate surface area is 110 Å². The number of nitrogens with zero attached hydrogens (tertiary/aromatic N) is 3. The predicted octanol–water partition coefficient (Wildman–Crippen LogP) is -0.243. The van der Waals surface area contributed by atoms with E-state index in [-0.39, 0.29) is 19.0 Å². The fourth-order valence-electron chi connectivity index (χ4n) is 1.94. The van der Waals surface area contributed by atoms with E-state index in [0.29, 0.717) is 25.3 Å². The molecule has 2 N–H and O–H groups in total. The van der Waals surface area contributed by atoms with Crippen LogP contribution in [0.15, 0.2) is 16.6 Å². The van der Waals surface area contributed by atoms with E-state index in [4.69, 9.17) is 9.52 Å². The number of aromatic nitrogens is 2. The van der Waals surface area contributed by atoms with Crippen LogP contribution in [0.4, 0.5) is 0 Å². The zero-order valence-corrected chi connectivity index (χ0v) is 10.7. The van der Waals surface area contributed by atoms with E-state index in [2.05, 4.69) is 10.2 Å². The SMILES string of the molecule is C/C=C/Cc1nnc(C(=O)N2CC[C@](O)(CO)C2)o1. The Morgan fingerprint density at radius 3 is 3.00 bits per heavy atom. The zero-order valence-electron chi connectivity index (χ0n) is 10.7. The number of hydrogen-bond acceptors (Lipinski definition) is 6. The van der Waals surface area contributed by atoms with Crippen LogP contribution in [-0.4, -0.2) is 56.5 Å². The van der Waals surface area contributed by atoms with Crippen LogP contribution in [0.5, 0.6) is 0 Å². The summed E-state index contributed by atoms with van der Waals surface area (Å²) in [5, 5.41) is 26.4. The first-order valence-electron chi connectivity index (χ1n) is 6.14. The fraction of sp³-hybridized carbons (Fsp3) is 0.583. The Hall–Kier alpha value is -1.73. The molecule has 1 aromatic rings. The number of aliphatic hydroxyl groups is 2. The van der Waals surface area contributed by atoms with E-state index < -0.39 is 11.5 Å². The highest BCUT2D eigenvalue weighted by molar-refractivity contribution is 5.89. The highest BCUT2D eigenvalue weighted by Gasteiger charge is 2.39. The van der Waals surface area contributed by atoms with Gasteiger partial charge in [-0.15, -0.1) is 10.2 Å². The highest BCUT2D eigenvalue weighted by Crippen LogP contribution is 2.22. The van der Waals surface area contributed by atoms with E-state index in [1.807, 2.05) is 19.1 Å². The Bertz CT molecular complexity index is 485. The van der Waals surface area contributed by atoms with Crippen molar-refractivity contribution in [2.75, 3.05) is 19.7 Å². The summed E-state index contributed by atoms with van der Waals surface area (Å²) in [6.07, 6.45) is 4.53. The normalized spacial score (nSPS) is 23.4. The summed E-state index contributed by atoms with van der Waals surface area (Å²) >= 11 is 0. The highest BCUT2D eigenvalue weighted by atomic mass is 16.4. The molecular formula is C12H17N3O4. The maximum atomic E-state index is 12.1. The van der Waals surface area contributed by atoms with Gasteiger partial charge in [-0.3, -0.25) is 4.79 Å². The van der Waals surface area contributed by atoms with Crippen molar-refractivity contribution in [3.63, 3.8) is 0 Å². The number of β-amino-alcohol motifs (C(OH)–C–C–N with tert-alkyl or cyclic N) is 1. The predicted molar refractivity (Wildman–Crippen MR) is 65.4 cm³/mol. The van der Waals surface area contributed by atoms with E-state index in [1.165, 1.54) is 4.90 Å². The maximum Gasteiger partial charge on any atom is 0.311 e. The van der Waals surface area contributed by atoms with Crippen molar-refractivity contribution in [2.24, 2.45) is 0 Å². The molecule has 1 saturated heterocycles. The van der Waals surface area contributed by atoms with Crippen LogP contribution in [0.2, 0.25) is 0 Å². The fourth-order valence-corrected chi connectivity index (χ4v) is 1.94. The molecule has 2 rings (SSSR count). The molecule has 0 radical (unpaired) electrons. The second-order valence-corrected chi connectivity index (χ2v) is 4.63. The molecule has 104 valence electrons. The molecule has 0 spiro atoms. The number of hydrogen-bond donors (Lipinski definition) is 2. The van der Waals surface area contributed by atoms with E-state index in [9.17, 15) is 9.90 Å². The minimum absolute atomic E-state index is 0.0783. The molecule has 2 heterocycles. The Balaban J connectivity index is 2.02. The first-order chi connectivity index (χ1) is 9.08. The molecule has 1 aromatic heterocycles. The van der Waals surface area contributed by atoms with Gasteiger partial charge in [0.1, 0.15) is 5.60 Å². The van der Waals surface area contributed by atoms with Crippen LogP contribution in [0.1, 0.15) is 29.9 Å². The third-order valence-corrected chi connectivity index (χ3v) is 3.09. The molecule has 1 aliphatic heterocycles. The molecule has 19 heavy (non-hydrogen) atoms. The third-order valence-electron chi connectivity index (χ3n) is 3.09. The molecule has 0 saturated carbocycles. The van der Waals surface area contributed by atoms with Gasteiger partial charge in [-0.25, -0.2) is 0 Å². The first-order valence-corrected chi connectivity index (χ1v) is 6.14. The first kappa shape index (κ1) is 13.7. The van der Waals surface area contributed by atoms with Gasteiger partial charge in [-0.1, -0.05) is 12.2 Å². The standard InChI is InChI=1S/C12H17N3O4/c1-2-3-4-9-13-14-10(19-9)11(17)15-6-5-12(18,7-15)8-16/h2-3,16,18H,4-8H2,1H3/b3-2+/t12-/m1/s1. The molecule has 1 fully saturated rings. The Morgan fingerprint density at radius 1 is 1.58 bits per heavy atom. The minimum atomic E-state index is -1.22. The molecule has 1 atom stereocenters. The number of carbonyl (C=O) groups is 1. The summed E-state index contributed by atoms with van der Waals surface area (Å²) < 4.78 is 5.25. The van der Waals surface area contributed by atoms with Crippen molar-refractivity contribution in [3.8, 4) is 0 Å². The molecule has 0 unspecified atom stereocenters. The summed E-state index contributed by atoms with van der Waals surface area (Å²) in [4.78, 5) is 13.5. The van der Waals surface area contributed by atoms with Crippen molar-refractivity contribution in [3.05, 3.63) is 23.9 Å². The minimum Gasteiger partial charge on any atom is -0.417 e. The molecule has 1 amide bonds. The monoisotopic (exact) mass is 267 g/mol. The summed E-state index contributed by atoms with van der Waals surface area (Å²) in [7, 11) is 0. The largest absolute Gasteiger partial charge is 0.417 e. The number of rotatable bonds is 4. The molecule has 1 aliphatic rings. The van der Waals surface area contributed by atoms with Crippen molar-refractivity contribution >= 4 is 5.91 Å². The molecule has 0 bridgehead atoms. The quantitative estimate of drug-likeness (QED) is 0.730. The second kappa shape index (κ2) is 5.50. The van der Waals surface area contributed by atoms with E-state index >= 15 is 0 Å². The van der Waals surface area contributed by atoms with Gasteiger partial charge >= 0.3 is 11.8 Å². The van der Waals surface area contributed by atoms with Crippen molar-refractivity contribution in [1.29, 1.82) is 0 Å². The van der Waals surface area contributed by atoms with Crippen LogP contribution in [-0.2, 0) is 6.42 Å². The van der Waals surface area contributed by atoms with Crippen LogP contribution in [0.25, 0.3) is 0 Å². The summed E-state index contributed by atoms with van der Waals surface area (Å²) in [5.41, 5.74) is -1.22. The number of amides is 1. The van der Waals surface area contributed by atoms with Gasteiger partial charge in [0, 0.05) is 13.0 Å². The molecule has 7 heteroatoms. The number of aliphatic hydroxyl groups excluding tert-OH is 1. The summed E-state index contributed by atoms with van der Waals surface area (Å²) in [5.74, 6) is -0.122. The van der Waals surface area contributed by atoms with Gasteiger partial charge in [-0.05, 0) is 13.3 Å². The lowest BCUT2D eigenvalue weighted by Gasteiger charge is -2.19. The molecule has 0 aliphatic carbocycles. The lowest BCUT2D eigenvalue weighted by atomic mass is 10.1. The molecular weight excluding hydrogens is 250 g/mol. The smallest absolute Gasteiger partial charge is 0.311 e. The molecule has 7 nitrogen and oxygen atoms in total. The summed E-state index contributed by atoms with van der Waals surface area (Å²) in [6.45, 7) is 1.95. The third kappa shape index (κ3) is 2.99. The van der Waals surface area contributed by atoms with E-state index in [1.54, 1.807) is 0 Å². The van der Waals surface area contributed by atoms with Gasteiger partial charge in [0.05, 0.1) is 13.2 Å². The van der Waals surface area contributed by atoms with Gasteiger partial charge in [0.2, 0.25) is 5.89 Å².